The van der Waals surface area contributed by atoms with Crippen LogP contribution in [0, 0.1) is 11.7 Å². The molecule has 1 heterocycles. The zero-order chi connectivity index (χ0) is 17.3. The highest BCUT2D eigenvalue weighted by Crippen LogP contribution is 2.40. The van der Waals surface area contributed by atoms with Crippen LogP contribution >= 0.6 is 0 Å². The van der Waals surface area contributed by atoms with Crippen LogP contribution in [-0.4, -0.2) is 34.7 Å². The summed E-state index contributed by atoms with van der Waals surface area (Å²) in [7, 11) is 0. The van der Waals surface area contributed by atoms with Crippen molar-refractivity contribution in [2.24, 2.45) is 5.92 Å². The second kappa shape index (κ2) is 7.01. The van der Waals surface area contributed by atoms with Gasteiger partial charge in [0.1, 0.15) is 6.04 Å². The van der Waals surface area contributed by atoms with Crippen LogP contribution in [0.4, 0.5) is 13.2 Å². The van der Waals surface area contributed by atoms with Crippen LogP contribution in [0.5, 0.6) is 5.75 Å². The SMILES string of the molecule is O=C(O)C1CC2CCCCC2N1Cc1ccc(OC(F)F)c(F)c1. The third-order valence-electron chi connectivity index (χ3n) is 5.08. The molecule has 2 fully saturated rings. The zero-order valence-corrected chi connectivity index (χ0v) is 13.1. The average Bonchev–Trinajstić information content (AvgIpc) is 2.89. The number of benzene rings is 1. The molecule has 132 valence electrons. The molecule has 3 unspecified atom stereocenters. The predicted octanol–water partition coefficient (Wildman–Crippen LogP) is 3.64. The first kappa shape index (κ1) is 17.1. The molecule has 1 aliphatic carbocycles. The molecule has 3 rings (SSSR count). The maximum Gasteiger partial charge on any atom is 0.387 e. The highest BCUT2D eigenvalue weighted by molar-refractivity contribution is 5.74. The van der Waals surface area contributed by atoms with Crippen molar-refractivity contribution in [1.82, 2.24) is 4.90 Å². The lowest BCUT2D eigenvalue weighted by Gasteiger charge is -2.33. The number of ether oxygens (including phenoxy) is 1. The molecule has 24 heavy (non-hydrogen) atoms. The Balaban J connectivity index is 1.77. The van der Waals surface area contributed by atoms with Gasteiger partial charge in [-0.25, -0.2) is 4.39 Å². The summed E-state index contributed by atoms with van der Waals surface area (Å²) in [6, 6.07) is 3.45. The maximum atomic E-state index is 13.9. The van der Waals surface area contributed by atoms with E-state index in [0.29, 0.717) is 24.4 Å². The molecule has 1 aliphatic heterocycles. The largest absolute Gasteiger partial charge is 0.480 e. The van der Waals surface area contributed by atoms with E-state index in [0.717, 1.165) is 31.7 Å². The number of carbonyl (C=O) groups is 1. The fraction of sp³-hybridized carbons (Fsp3) is 0.588. The Morgan fingerprint density at radius 1 is 1.33 bits per heavy atom. The molecule has 1 N–H and O–H groups in total. The highest BCUT2D eigenvalue weighted by Gasteiger charge is 2.44. The number of halogens is 3. The first-order chi connectivity index (χ1) is 11.5. The molecule has 7 heteroatoms. The summed E-state index contributed by atoms with van der Waals surface area (Å²) < 4.78 is 42.4. The minimum atomic E-state index is -3.08. The van der Waals surface area contributed by atoms with Crippen LogP contribution in [0.3, 0.4) is 0 Å². The molecule has 3 atom stereocenters. The standard InChI is InChI=1S/C17H20F3NO3/c18-12-7-10(5-6-15(12)24-17(19)20)9-21-13-4-2-1-3-11(13)8-14(21)16(22)23/h5-7,11,13-14,17H,1-4,8-9H2,(H,22,23). The van der Waals surface area contributed by atoms with Crippen molar-refractivity contribution >= 4 is 5.97 Å². The number of nitrogens with zero attached hydrogens (tertiary/aromatic N) is 1. The Bertz CT molecular complexity index is 611. The molecule has 1 aromatic rings. The fourth-order valence-corrected chi connectivity index (χ4v) is 4.07. The Morgan fingerprint density at radius 2 is 2.08 bits per heavy atom. The van der Waals surface area contributed by atoms with Crippen molar-refractivity contribution in [1.29, 1.82) is 0 Å². The number of hydrogen-bond acceptors (Lipinski definition) is 3. The fourth-order valence-electron chi connectivity index (χ4n) is 4.07. The predicted molar refractivity (Wildman–Crippen MR) is 80.4 cm³/mol. The van der Waals surface area contributed by atoms with E-state index in [-0.39, 0.29) is 6.04 Å². The molecule has 1 saturated heterocycles. The number of aliphatic carboxylic acids is 1. The summed E-state index contributed by atoms with van der Waals surface area (Å²) in [4.78, 5) is 13.5. The third kappa shape index (κ3) is 3.50. The maximum absolute atomic E-state index is 13.9. The minimum Gasteiger partial charge on any atom is -0.480 e. The quantitative estimate of drug-likeness (QED) is 0.887. The average molecular weight is 343 g/mol. The van der Waals surface area contributed by atoms with E-state index in [2.05, 4.69) is 4.74 Å². The van der Waals surface area contributed by atoms with Crippen LogP contribution in [0.25, 0.3) is 0 Å². The summed E-state index contributed by atoms with van der Waals surface area (Å²) in [5.74, 6) is -1.85. The normalized spacial score (nSPS) is 27.2. The van der Waals surface area contributed by atoms with Crippen molar-refractivity contribution in [2.75, 3.05) is 0 Å². The zero-order valence-electron chi connectivity index (χ0n) is 13.1. The molecule has 0 aromatic heterocycles. The number of carboxylic acid groups (broad SMARTS) is 1. The van der Waals surface area contributed by atoms with E-state index >= 15 is 0 Å². The summed E-state index contributed by atoms with van der Waals surface area (Å²) in [5, 5.41) is 9.49. The number of alkyl halides is 2. The van der Waals surface area contributed by atoms with Gasteiger partial charge in [-0.05, 0) is 42.9 Å². The van der Waals surface area contributed by atoms with E-state index in [1.54, 1.807) is 0 Å². The Morgan fingerprint density at radius 3 is 2.75 bits per heavy atom. The number of likely N-dealkylation sites (tertiary alicyclic amines) is 1. The van der Waals surface area contributed by atoms with Gasteiger partial charge in [0.25, 0.3) is 0 Å². The molecule has 0 radical (unpaired) electrons. The van der Waals surface area contributed by atoms with Gasteiger partial charge in [0, 0.05) is 12.6 Å². The minimum absolute atomic E-state index is 0.194. The van der Waals surface area contributed by atoms with Crippen molar-refractivity contribution in [3.63, 3.8) is 0 Å². The Hall–Kier alpha value is -1.76. The monoisotopic (exact) mass is 343 g/mol. The lowest BCUT2D eigenvalue weighted by molar-refractivity contribution is -0.142. The summed E-state index contributed by atoms with van der Waals surface area (Å²) in [6.07, 6.45) is 4.79. The molecule has 4 nitrogen and oxygen atoms in total. The first-order valence-electron chi connectivity index (χ1n) is 8.17. The molecular weight excluding hydrogens is 323 g/mol. The van der Waals surface area contributed by atoms with E-state index in [1.807, 2.05) is 4.90 Å². The van der Waals surface area contributed by atoms with E-state index in [4.69, 9.17) is 0 Å². The third-order valence-corrected chi connectivity index (χ3v) is 5.08. The molecule has 0 amide bonds. The second-order valence-corrected chi connectivity index (χ2v) is 6.52. The molecule has 1 aromatic carbocycles. The van der Waals surface area contributed by atoms with Crippen molar-refractivity contribution in [3.05, 3.63) is 29.6 Å². The number of hydrogen-bond donors (Lipinski definition) is 1. The topological polar surface area (TPSA) is 49.8 Å². The van der Waals surface area contributed by atoms with Gasteiger partial charge in [0.2, 0.25) is 0 Å². The van der Waals surface area contributed by atoms with Crippen molar-refractivity contribution in [3.8, 4) is 5.75 Å². The van der Waals surface area contributed by atoms with Crippen molar-refractivity contribution < 1.29 is 27.8 Å². The van der Waals surface area contributed by atoms with E-state index < -0.39 is 30.2 Å². The van der Waals surface area contributed by atoms with Gasteiger partial charge in [-0.3, -0.25) is 9.69 Å². The smallest absolute Gasteiger partial charge is 0.387 e. The molecule has 0 spiro atoms. The van der Waals surface area contributed by atoms with Gasteiger partial charge in [0.15, 0.2) is 11.6 Å². The van der Waals surface area contributed by atoms with Gasteiger partial charge < -0.3 is 9.84 Å². The molecule has 1 saturated carbocycles. The van der Waals surface area contributed by atoms with Crippen LogP contribution in [0.15, 0.2) is 18.2 Å². The Labute approximate surface area is 138 Å². The van der Waals surface area contributed by atoms with Gasteiger partial charge in [0.05, 0.1) is 0 Å². The second-order valence-electron chi connectivity index (χ2n) is 6.52. The molecule has 0 bridgehead atoms. The summed E-state index contributed by atoms with van der Waals surface area (Å²) in [5.41, 5.74) is 0.562. The molecular formula is C17H20F3NO3. The van der Waals surface area contributed by atoms with Crippen LogP contribution in [0.2, 0.25) is 0 Å². The summed E-state index contributed by atoms with van der Waals surface area (Å²) >= 11 is 0. The van der Waals surface area contributed by atoms with Crippen LogP contribution < -0.4 is 4.74 Å². The number of rotatable bonds is 5. The Kier molecular flexibility index (Phi) is 4.99. The first-order valence-corrected chi connectivity index (χ1v) is 8.17. The van der Waals surface area contributed by atoms with Gasteiger partial charge in [-0.15, -0.1) is 0 Å². The lowest BCUT2D eigenvalue weighted by atomic mass is 9.84. The highest BCUT2D eigenvalue weighted by atomic mass is 19.3. The molecule has 2 aliphatic rings. The van der Waals surface area contributed by atoms with Crippen molar-refractivity contribution in [2.45, 2.75) is 57.3 Å². The van der Waals surface area contributed by atoms with Gasteiger partial charge in [-0.1, -0.05) is 18.9 Å². The van der Waals surface area contributed by atoms with Gasteiger partial charge >= 0.3 is 12.6 Å². The lowest BCUT2D eigenvalue weighted by Crippen LogP contribution is -2.41. The number of carboxylic acids is 1. The van der Waals surface area contributed by atoms with Crippen LogP contribution in [-0.2, 0) is 11.3 Å². The van der Waals surface area contributed by atoms with E-state index in [9.17, 15) is 23.1 Å². The van der Waals surface area contributed by atoms with Gasteiger partial charge in [-0.2, -0.15) is 8.78 Å². The van der Waals surface area contributed by atoms with Crippen LogP contribution in [0.1, 0.15) is 37.7 Å². The number of fused-ring (bicyclic) bond motifs is 1. The summed E-state index contributed by atoms with van der Waals surface area (Å²) in [6.45, 7) is -2.78. The van der Waals surface area contributed by atoms with E-state index in [1.165, 1.54) is 12.1 Å².